The molecule has 0 saturated carbocycles. The Bertz CT molecular complexity index is 392. The van der Waals surface area contributed by atoms with Gasteiger partial charge >= 0.3 is 0 Å². The Labute approximate surface area is 111 Å². The minimum atomic E-state index is 0.164. The first-order chi connectivity index (χ1) is 8.57. The molecule has 2 rings (SSSR count). The zero-order chi connectivity index (χ0) is 13.2. The van der Waals surface area contributed by atoms with Crippen LogP contribution in [0.5, 0.6) is 0 Å². The maximum absolute atomic E-state index is 3.53. The molecule has 0 aliphatic carbocycles. The SMILES string of the molecule is CNC(c1ccccc1C)C(C)(C)N1CCCC1. The highest BCUT2D eigenvalue weighted by molar-refractivity contribution is 5.31. The Kier molecular flexibility index (Phi) is 4.08. The number of hydrogen-bond donors (Lipinski definition) is 1. The summed E-state index contributed by atoms with van der Waals surface area (Å²) in [6.07, 6.45) is 2.68. The van der Waals surface area contributed by atoms with Crippen LogP contribution in [0.15, 0.2) is 24.3 Å². The number of likely N-dealkylation sites (N-methyl/N-ethyl adjacent to an activating group) is 1. The number of rotatable bonds is 4. The second-order valence-electron chi connectivity index (χ2n) is 5.93. The van der Waals surface area contributed by atoms with Crippen molar-refractivity contribution < 1.29 is 0 Å². The van der Waals surface area contributed by atoms with Gasteiger partial charge in [-0.25, -0.2) is 0 Å². The molecule has 1 aromatic carbocycles. The molecule has 1 saturated heterocycles. The molecular weight excluding hydrogens is 220 g/mol. The van der Waals surface area contributed by atoms with Gasteiger partial charge in [-0.05, 0) is 64.9 Å². The Hall–Kier alpha value is -0.860. The van der Waals surface area contributed by atoms with Crippen LogP contribution < -0.4 is 5.32 Å². The minimum Gasteiger partial charge on any atom is -0.311 e. The van der Waals surface area contributed by atoms with Crippen molar-refractivity contribution in [3.05, 3.63) is 35.4 Å². The van der Waals surface area contributed by atoms with E-state index in [-0.39, 0.29) is 5.54 Å². The van der Waals surface area contributed by atoms with Crippen molar-refractivity contribution in [3.63, 3.8) is 0 Å². The zero-order valence-corrected chi connectivity index (χ0v) is 12.2. The fourth-order valence-electron chi connectivity index (χ4n) is 3.28. The van der Waals surface area contributed by atoms with Crippen molar-refractivity contribution in [1.82, 2.24) is 10.2 Å². The molecule has 2 nitrogen and oxygen atoms in total. The third-order valence-corrected chi connectivity index (χ3v) is 4.42. The summed E-state index contributed by atoms with van der Waals surface area (Å²) in [5, 5.41) is 3.53. The molecule has 2 heteroatoms. The van der Waals surface area contributed by atoms with E-state index < -0.39 is 0 Å². The third kappa shape index (κ3) is 2.45. The summed E-state index contributed by atoms with van der Waals surface area (Å²) in [4.78, 5) is 2.63. The molecule has 0 radical (unpaired) electrons. The predicted octanol–water partition coefficient (Wildman–Crippen LogP) is 3.13. The van der Waals surface area contributed by atoms with Crippen LogP contribution in [-0.2, 0) is 0 Å². The zero-order valence-electron chi connectivity index (χ0n) is 12.2. The second kappa shape index (κ2) is 5.41. The number of nitrogens with one attached hydrogen (secondary N) is 1. The predicted molar refractivity (Wildman–Crippen MR) is 77.9 cm³/mol. The molecule has 0 bridgehead atoms. The lowest BCUT2D eigenvalue weighted by atomic mass is 9.85. The lowest BCUT2D eigenvalue weighted by molar-refractivity contribution is 0.110. The summed E-state index contributed by atoms with van der Waals surface area (Å²) >= 11 is 0. The van der Waals surface area contributed by atoms with E-state index in [9.17, 15) is 0 Å². The largest absolute Gasteiger partial charge is 0.311 e. The molecule has 1 aliphatic rings. The Morgan fingerprint density at radius 3 is 2.33 bits per heavy atom. The molecule has 1 aliphatic heterocycles. The van der Waals surface area contributed by atoms with Crippen molar-refractivity contribution in [2.24, 2.45) is 0 Å². The molecule has 0 aromatic heterocycles. The van der Waals surface area contributed by atoms with Gasteiger partial charge in [-0.2, -0.15) is 0 Å². The maximum Gasteiger partial charge on any atom is 0.0501 e. The normalized spacial score (nSPS) is 19.1. The van der Waals surface area contributed by atoms with Gasteiger partial charge in [-0.15, -0.1) is 0 Å². The molecule has 0 amide bonds. The minimum absolute atomic E-state index is 0.164. The highest BCUT2D eigenvalue weighted by Gasteiger charge is 2.37. The van der Waals surface area contributed by atoms with Crippen molar-refractivity contribution in [2.45, 2.75) is 45.2 Å². The standard InChI is InChI=1S/C16H26N2/c1-13-9-5-6-10-14(13)15(17-4)16(2,3)18-11-7-8-12-18/h5-6,9-10,15,17H,7-8,11-12H2,1-4H3. The summed E-state index contributed by atoms with van der Waals surface area (Å²) in [5.41, 5.74) is 2.97. The summed E-state index contributed by atoms with van der Waals surface area (Å²) in [6.45, 7) is 9.41. The van der Waals surface area contributed by atoms with E-state index in [1.54, 1.807) is 0 Å². The summed E-state index contributed by atoms with van der Waals surface area (Å²) in [7, 11) is 2.08. The van der Waals surface area contributed by atoms with Gasteiger partial charge in [-0.1, -0.05) is 24.3 Å². The fraction of sp³-hybridized carbons (Fsp3) is 0.625. The lowest BCUT2D eigenvalue weighted by Crippen LogP contribution is -2.51. The van der Waals surface area contributed by atoms with Gasteiger partial charge in [0.05, 0.1) is 6.04 Å². The van der Waals surface area contributed by atoms with Crippen LogP contribution in [0, 0.1) is 6.92 Å². The highest BCUT2D eigenvalue weighted by atomic mass is 15.2. The molecule has 1 aromatic rings. The number of aryl methyl sites for hydroxylation is 1. The van der Waals surface area contributed by atoms with E-state index in [4.69, 9.17) is 0 Å². The Morgan fingerprint density at radius 1 is 1.17 bits per heavy atom. The molecule has 1 fully saturated rings. The van der Waals surface area contributed by atoms with E-state index in [0.29, 0.717) is 6.04 Å². The van der Waals surface area contributed by atoms with Crippen molar-refractivity contribution in [1.29, 1.82) is 0 Å². The highest BCUT2D eigenvalue weighted by Crippen LogP contribution is 2.34. The molecule has 18 heavy (non-hydrogen) atoms. The topological polar surface area (TPSA) is 15.3 Å². The van der Waals surface area contributed by atoms with Crippen LogP contribution >= 0.6 is 0 Å². The van der Waals surface area contributed by atoms with Gasteiger partial charge in [0.1, 0.15) is 0 Å². The van der Waals surface area contributed by atoms with Crippen LogP contribution in [0.4, 0.5) is 0 Å². The second-order valence-corrected chi connectivity index (χ2v) is 5.93. The molecule has 1 N–H and O–H groups in total. The first kappa shape index (κ1) is 13.6. The van der Waals surface area contributed by atoms with Crippen molar-refractivity contribution in [3.8, 4) is 0 Å². The van der Waals surface area contributed by atoms with E-state index in [2.05, 4.69) is 62.3 Å². The van der Waals surface area contributed by atoms with Crippen LogP contribution in [0.25, 0.3) is 0 Å². The fourth-order valence-corrected chi connectivity index (χ4v) is 3.28. The van der Waals surface area contributed by atoms with Crippen LogP contribution in [0.3, 0.4) is 0 Å². The number of likely N-dealkylation sites (tertiary alicyclic amines) is 1. The van der Waals surface area contributed by atoms with Gasteiger partial charge in [0.15, 0.2) is 0 Å². The van der Waals surface area contributed by atoms with Crippen LogP contribution in [-0.4, -0.2) is 30.6 Å². The van der Waals surface area contributed by atoms with E-state index in [0.717, 1.165) is 0 Å². The molecule has 1 atom stereocenters. The quantitative estimate of drug-likeness (QED) is 0.878. The summed E-state index contributed by atoms with van der Waals surface area (Å²) in [6, 6.07) is 9.12. The van der Waals surface area contributed by atoms with Gasteiger partial charge < -0.3 is 5.32 Å². The molecule has 1 unspecified atom stereocenters. The average molecular weight is 246 g/mol. The van der Waals surface area contributed by atoms with Crippen LogP contribution in [0.2, 0.25) is 0 Å². The van der Waals surface area contributed by atoms with E-state index in [1.165, 1.54) is 37.1 Å². The molecule has 100 valence electrons. The third-order valence-electron chi connectivity index (χ3n) is 4.42. The molecule has 1 heterocycles. The summed E-state index contributed by atoms with van der Waals surface area (Å²) in [5.74, 6) is 0. The molecular formula is C16H26N2. The Balaban J connectivity index is 2.30. The Morgan fingerprint density at radius 2 is 1.78 bits per heavy atom. The van der Waals surface area contributed by atoms with Crippen molar-refractivity contribution in [2.75, 3.05) is 20.1 Å². The first-order valence-electron chi connectivity index (χ1n) is 7.05. The van der Waals surface area contributed by atoms with Gasteiger partial charge in [0.25, 0.3) is 0 Å². The number of benzene rings is 1. The average Bonchev–Trinajstić information content (AvgIpc) is 2.86. The van der Waals surface area contributed by atoms with Gasteiger partial charge in [-0.3, -0.25) is 4.90 Å². The maximum atomic E-state index is 3.53. The van der Waals surface area contributed by atoms with E-state index >= 15 is 0 Å². The monoisotopic (exact) mass is 246 g/mol. The number of hydrogen-bond acceptors (Lipinski definition) is 2. The smallest absolute Gasteiger partial charge is 0.0501 e. The molecule has 0 spiro atoms. The van der Waals surface area contributed by atoms with Gasteiger partial charge in [0.2, 0.25) is 0 Å². The van der Waals surface area contributed by atoms with Gasteiger partial charge in [0, 0.05) is 5.54 Å². The lowest BCUT2D eigenvalue weighted by Gasteiger charge is -2.42. The summed E-state index contributed by atoms with van der Waals surface area (Å²) < 4.78 is 0. The first-order valence-corrected chi connectivity index (χ1v) is 7.05. The van der Waals surface area contributed by atoms with E-state index in [1.807, 2.05) is 0 Å². The number of nitrogens with zero attached hydrogens (tertiary/aromatic N) is 1. The van der Waals surface area contributed by atoms with Crippen molar-refractivity contribution >= 4 is 0 Å². The van der Waals surface area contributed by atoms with Crippen LogP contribution in [0.1, 0.15) is 43.9 Å².